The summed E-state index contributed by atoms with van der Waals surface area (Å²) in [7, 11) is 0. The highest BCUT2D eigenvalue weighted by molar-refractivity contribution is 9.10. The quantitative estimate of drug-likeness (QED) is 0.833. The van der Waals surface area contributed by atoms with Crippen LogP contribution < -0.4 is 11.1 Å². The predicted molar refractivity (Wildman–Crippen MR) is 77.7 cm³/mol. The minimum absolute atomic E-state index is 0.147. The fourth-order valence-electron chi connectivity index (χ4n) is 1.57. The van der Waals surface area contributed by atoms with Gasteiger partial charge in [0.2, 0.25) is 0 Å². The molecule has 0 radical (unpaired) electrons. The van der Waals surface area contributed by atoms with Crippen molar-refractivity contribution in [1.82, 2.24) is 0 Å². The number of carbonyl (C=O) groups is 1. The van der Waals surface area contributed by atoms with Gasteiger partial charge in [-0.3, -0.25) is 4.79 Å². The van der Waals surface area contributed by atoms with Gasteiger partial charge < -0.3 is 11.1 Å². The molecule has 0 saturated carbocycles. The normalized spacial score (nSPS) is 10.1. The van der Waals surface area contributed by atoms with Crippen molar-refractivity contribution in [3.8, 4) is 0 Å². The topological polar surface area (TPSA) is 55.1 Å². The molecular weight excluding hydrogens is 292 g/mol. The third kappa shape index (κ3) is 2.90. The number of hydrogen-bond acceptors (Lipinski definition) is 2. The number of nitrogen functional groups attached to an aromatic ring is 1. The van der Waals surface area contributed by atoms with Gasteiger partial charge in [0, 0.05) is 15.8 Å². The Morgan fingerprint density at radius 3 is 2.44 bits per heavy atom. The first-order valence-electron chi connectivity index (χ1n) is 5.49. The van der Waals surface area contributed by atoms with Crippen LogP contribution in [0.3, 0.4) is 0 Å². The lowest BCUT2D eigenvalue weighted by Gasteiger charge is -2.07. The Labute approximate surface area is 114 Å². The first-order chi connectivity index (χ1) is 8.56. The van der Waals surface area contributed by atoms with Gasteiger partial charge in [-0.15, -0.1) is 0 Å². The summed E-state index contributed by atoms with van der Waals surface area (Å²) in [5, 5.41) is 2.82. The van der Waals surface area contributed by atoms with Crippen LogP contribution in [0, 0.1) is 6.92 Å². The second-order valence-corrected chi connectivity index (χ2v) is 4.91. The maximum Gasteiger partial charge on any atom is 0.256 e. The molecule has 3 N–H and O–H groups in total. The molecule has 18 heavy (non-hydrogen) atoms. The van der Waals surface area contributed by atoms with Crippen LogP contribution in [0.15, 0.2) is 46.9 Å². The van der Waals surface area contributed by atoms with Gasteiger partial charge in [0.05, 0.1) is 5.56 Å². The van der Waals surface area contributed by atoms with Crippen molar-refractivity contribution in [2.75, 3.05) is 11.1 Å². The first-order valence-corrected chi connectivity index (χ1v) is 6.28. The fourth-order valence-corrected chi connectivity index (χ4v) is 2.24. The van der Waals surface area contributed by atoms with E-state index in [1.165, 1.54) is 0 Å². The van der Waals surface area contributed by atoms with Gasteiger partial charge in [-0.1, -0.05) is 6.07 Å². The molecule has 3 nitrogen and oxygen atoms in total. The van der Waals surface area contributed by atoms with Crippen LogP contribution in [0.5, 0.6) is 0 Å². The number of carbonyl (C=O) groups excluding carboxylic acids is 1. The SMILES string of the molecule is Cc1ccc(C(=O)Nc2ccc(N)cc2)c(Br)c1. The van der Waals surface area contributed by atoms with Gasteiger partial charge in [0.1, 0.15) is 0 Å². The molecule has 0 aliphatic heterocycles. The number of anilines is 2. The molecule has 2 aromatic rings. The minimum Gasteiger partial charge on any atom is -0.399 e. The van der Waals surface area contributed by atoms with E-state index in [2.05, 4.69) is 21.2 Å². The molecule has 0 atom stereocenters. The second kappa shape index (κ2) is 5.23. The number of nitrogens with two attached hydrogens (primary N) is 1. The molecule has 0 heterocycles. The Hall–Kier alpha value is -1.81. The Kier molecular flexibility index (Phi) is 3.67. The van der Waals surface area contributed by atoms with Gasteiger partial charge in [-0.2, -0.15) is 0 Å². The van der Waals surface area contributed by atoms with Crippen LogP contribution in [0.4, 0.5) is 11.4 Å². The fraction of sp³-hybridized carbons (Fsp3) is 0.0714. The zero-order chi connectivity index (χ0) is 13.1. The number of rotatable bonds is 2. The molecule has 0 fully saturated rings. The van der Waals surface area contributed by atoms with E-state index in [-0.39, 0.29) is 5.91 Å². The molecule has 0 aliphatic rings. The van der Waals surface area contributed by atoms with Crippen LogP contribution in [-0.2, 0) is 0 Å². The highest BCUT2D eigenvalue weighted by atomic mass is 79.9. The second-order valence-electron chi connectivity index (χ2n) is 4.06. The van der Waals surface area contributed by atoms with Crippen LogP contribution in [0.2, 0.25) is 0 Å². The monoisotopic (exact) mass is 304 g/mol. The summed E-state index contributed by atoms with van der Waals surface area (Å²) >= 11 is 3.39. The molecule has 0 aromatic heterocycles. The Morgan fingerprint density at radius 2 is 1.83 bits per heavy atom. The summed E-state index contributed by atoms with van der Waals surface area (Å²) in [6.07, 6.45) is 0. The highest BCUT2D eigenvalue weighted by Gasteiger charge is 2.09. The average molecular weight is 305 g/mol. The molecule has 0 saturated heterocycles. The zero-order valence-electron chi connectivity index (χ0n) is 9.91. The lowest BCUT2D eigenvalue weighted by atomic mass is 10.1. The number of benzene rings is 2. The van der Waals surface area contributed by atoms with Crippen LogP contribution >= 0.6 is 15.9 Å². The number of hydrogen-bond donors (Lipinski definition) is 2. The summed E-state index contributed by atoms with van der Waals surface area (Å²) in [6.45, 7) is 1.98. The van der Waals surface area contributed by atoms with Crippen molar-refractivity contribution in [3.05, 3.63) is 58.1 Å². The summed E-state index contributed by atoms with van der Waals surface area (Å²) in [5.74, 6) is -0.147. The van der Waals surface area contributed by atoms with Gasteiger partial charge in [0.25, 0.3) is 5.91 Å². The van der Waals surface area contributed by atoms with E-state index in [9.17, 15) is 4.79 Å². The van der Waals surface area contributed by atoms with Crippen molar-refractivity contribution < 1.29 is 4.79 Å². The van der Waals surface area contributed by atoms with Crippen molar-refractivity contribution >= 4 is 33.2 Å². The van der Waals surface area contributed by atoms with Crippen LogP contribution in [0.25, 0.3) is 0 Å². The highest BCUT2D eigenvalue weighted by Crippen LogP contribution is 2.20. The summed E-state index contributed by atoms with van der Waals surface area (Å²) in [6, 6.07) is 12.7. The molecular formula is C14H13BrN2O. The van der Waals surface area contributed by atoms with E-state index >= 15 is 0 Å². The third-order valence-electron chi connectivity index (χ3n) is 2.54. The lowest BCUT2D eigenvalue weighted by Crippen LogP contribution is -2.12. The molecule has 1 amide bonds. The predicted octanol–water partition coefficient (Wildman–Crippen LogP) is 3.59. The van der Waals surface area contributed by atoms with Crippen LogP contribution in [0.1, 0.15) is 15.9 Å². The largest absolute Gasteiger partial charge is 0.399 e. The average Bonchev–Trinajstić information content (AvgIpc) is 2.32. The minimum atomic E-state index is -0.147. The van der Waals surface area contributed by atoms with E-state index in [4.69, 9.17) is 5.73 Å². The van der Waals surface area contributed by atoms with E-state index < -0.39 is 0 Å². The first kappa shape index (κ1) is 12.6. The molecule has 0 spiro atoms. The summed E-state index contributed by atoms with van der Waals surface area (Å²) in [4.78, 5) is 12.1. The van der Waals surface area contributed by atoms with Crippen molar-refractivity contribution in [2.45, 2.75) is 6.92 Å². The van der Waals surface area contributed by atoms with Crippen LogP contribution in [-0.4, -0.2) is 5.91 Å². The molecule has 0 bridgehead atoms. The van der Waals surface area contributed by atoms with E-state index in [1.807, 2.05) is 19.1 Å². The van der Waals surface area contributed by atoms with Gasteiger partial charge in [-0.25, -0.2) is 0 Å². The third-order valence-corrected chi connectivity index (χ3v) is 3.19. The van der Waals surface area contributed by atoms with Gasteiger partial charge in [-0.05, 0) is 64.8 Å². The van der Waals surface area contributed by atoms with Gasteiger partial charge >= 0.3 is 0 Å². The molecule has 92 valence electrons. The summed E-state index contributed by atoms with van der Waals surface area (Å²) in [5.41, 5.74) is 8.70. The molecule has 4 heteroatoms. The van der Waals surface area contributed by atoms with Gasteiger partial charge in [0.15, 0.2) is 0 Å². The maximum atomic E-state index is 12.1. The Morgan fingerprint density at radius 1 is 1.17 bits per heavy atom. The van der Waals surface area contributed by atoms with Crippen molar-refractivity contribution in [3.63, 3.8) is 0 Å². The molecule has 2 rings (SSSR count). The molecule has 0 aliphatic carbocycles. The molecule has 2 aromatic carbocycles. The maximum absolute atomic E-state index is 12.1. The smallest absolute Gasteiger partial charge is 0.256 e. The molecule has 0 unspecified atom stereocenters. The number of nitrogens with one attached hydrogen (secondary N) is 1. The Bertz CT molecular complexity index is 579. The van der Waals surface area contributed by atoms with E-state index in [0.29, 0.717) is 11.3 Å². The number of aryl methyl sites for hydroxylation is 1. The Balaban J connectivity index is 2.19. The lowest BCUT2D eigenvalue weighted by molar-refractivity contribution is 0.102. The zero-order valence-corrected chi connectivity index (χ0v) is 11.5. The van der Waals surface area contributed by atoms with Crippen molar-refractivity contribution in [2.24, 2.45) is 0 Å². The van der Waals surface area contributed by atoms with E-state index in [1.54, 1.807) is 30.3 Å². The number of halogens is 1. The van der Waals surface area contributed by atoms with Crippen molar-refractivity contribution in [1.29, 1.82) is 0 Å². The van der Waals surface area contributed by atoms with E-state index in [0.717, 1.165) is 15.7 Å². The number of amides is 1. The standard InChI is InChI=1S/C14H13BrN2O/c1-9-2-7-12(13(15)8-9)14(18)17-11-5-3-10(16)4-6-11/h2-8H,16H2,1H3,(H,17,18). The summed E-state index contributed by atoms with van der Waals surface area (Å²) < 4.78 is 0.787.